The first-order valence-electron chi connectivity index (χ1n) is 4.41. The predicted octanol–water partition coefficient (Wildman–Crippen LogP) is 3.88. The summed E-state index contributed by atoms with van der Waals surface area (Å²) in [5, 5.41) is 8.23. The molecule has 0 saturated carbocycles. The van der Waals surface area contributed by atoms with Gasteiger partial charge in [0.1, 0.15) is 0 Å². The average Bonchev–Trinajstić information content (AvgIpc) is 2.18. The first kappa shape index (κ1) is 14.3. The van der Waals surface area contributed by atoms with Crippen molar-refractivity contribution in [2.24, 2.45) is 0 Å². The maximum absolute atomic E-state index is 12.1. The van der Waals surface area contributed by atoms with Crippen molar-refractivity contribution in [3.05, 3.63) is 34.3 Å². The van der Waals surface area contributed by atoms with Crippen molar-refractivity contribution in [3.8, 4) is 0 Å². The molecular formula is C10H12ClF3O. The predicted molar refractivity (Wildman–Crippen MR) is 53.7 cm³/mol. The van der Waals surface area contributed by atoms with E-state index >= 15 is 0 Å². The van der Waals surface area contributed by atoms with Crippen LogP contribution in [0.25, 0.3) is 0 Å². The smallest absolute Gasteiger partial charge is 0.392 e. The Labute approximate surface area is 91.5 Å². The summed E-state index contributed by atoms with van der Waals surface area (Å²) < 4.78 is 36.4. The minimum Gasteiger partial charge on any atom is -0.392 e. The third-order valence-electron chi connectivity index (χ3n) is 1.52. The van der Waals surface area contributed by atoms with Gasteiger partial charge in [-0.2, -0.15) is 13.2 Å². The molecule has 0 heterocycles. The number of hydrogen-bond acceptors (Lipinski definition) is 1. The zero-order chi connectivity index (χ0) is 12.1. The van der Waals surface area contributed by atoms with Crippen LogP contribution in [0, 0.1) is 0 Å². The van der Waals surface area contributed by atoms with Crippen molar-refractivity contribution in [2.75, 3.05) is 0 Å². The topological polar surface area (TPSA) is 20.2 Å². The fourth-order valence-corrected chi connectivity index (χ4v) is 1.20. The molecule has 0 spiro atoms. The van der Waals surface area contributed by atoms with Gasteiger partial charge >= 0.3 is 6.18 Å². The first-order valence-corrected chi connectivity index (χ1v) is 4.79. The second kappa shape index (κ2) is 5.98. The fraction of sp³-hybridized carbons (Fsp3) is 0.400. The number of aliphatic hydroxyl groups is 1. The Bertz CT molecular complexity index is 310. The van der Waals surface area contributed by atoms with Crippen LogP contribution in [0.1, 0.15) is 25.0 Å². The van der Waals surface area contributed by atoms with E-state index in [2.05, 4.69) is 0 Å². The Morgan fingerprint density at radius 1 is 1.27 bits per heavy atom. The van der Waals surface area contributed by atoms with E-state index in [9.17, 15) is 13.2 Å². The zero-order valence-electron chi connectivity index (χ0n) is 8.40. The number of halogens is 4. The molecule has 5 heteroatoms. The molecule has 0 radical (unpaired) electrons. The third-order valence-corrected chi connectivity index (χ3v) is 1.83. The highest BCUT2D eigenvalue weighted by molar-refractivity contribution is 6.31. The second-order valence-corrected chi connectivity index (χ2v) is 2.88. The molecule has 0 bridgehead atoms. The van der Waals surface area contributed by atoms with Crippen molar-refractivity contribution in [2.45, 2.75) is 26.6 Å². The molecule has 1 nitrogen and oxygen atoms in total. The van der Waals surface area contributed by atoms with Crippen molar-refractivity contribution >= 4 is 11.6 Å². The third kappa shape index (κ3) is 4.10. The standard InChI is InChI=1S/C8H6ClF3O.C2H6/c9-7-3-5(4-13)1-2-6(7)8(10,11)12;1-2/h1-3,13H,4H2;1-2H3. The van der Waals surface area contributed by atoms with E-state index in [0.717, 1.165) is 12.1 Å². The van der Waals surface area contributed by atoms with Gasteiger partial charge in [0.15, 0.2) is 0 Å². The summed E-state index contributed by atoms with van der Waals surface area (Å²) in [6.45, 7) is 3.68. The Morgan fingerprint density at radius 3 is 2.13 bits per heavy atom. The largest absolute Gasteiger partial charge is 0.417 e. The molecule has 86 valence electrons. The Balaban J connectivity index is 0.000000921. The van der Waals surface area contributed by atoms with Crippen LogP contribution in [-0.2, 0) is 12.8 Å². The van der Waals surface area contributed by atoms with Crippen LogP contribution in [0.3, 0.4) is 0 Å². The van der Waals surface area contributed by atoms with E-state index < -0.39 is 11.7 Å². The van der Waals surface area contributed by atoms with Crippen molar-refractivity contribution in [1.29, 1.82) is 0 Å². The van der Waals surface area contributed by atoms with Gasteiger partial charge in [0.05, 0.1) is 17.2 Å². The maximum Gasteiger partial charge on any atom is 0.417 e. The lowest BCUT2D eigenvalue weighted by atomic mass is 10.1. The van der Waals surface area contributed by atoms with Crippen LogP contribution in [0.5, 0.6) is 0 Å². The van der Waals surface area contributed by atoms with E-state index in [0.29, 0.717) is 5.56 Å². The first-order chi connectivity index (χ1) is 6.95. The highest BCUT2D eigenvalue weighted by atomic mass is 35.5. The summed E-state index contributed by atoms with van der Waals surface area (Å²) in [6.07, 6.45) is -4.44. The van der Waals surface area contributed by atoms with Crippen LogP contribution in [0.4, 0.5) is 13.2 Å². The number of rotatable bonds is 1. The molecule has 0 aliphatic rings. The van der Waals surface area contributed by atoms with Gasteiger partial charge in [-0.15, -0.1) is 0 Å². The molecule has 0 aromatic heterocycles. The van der Waals surface area contributed by atoms with Gasteiger partial charge in [-0.1, -0.05) is 31.5 Å². The van der Waals surface area contributed by atoms with E-state index in [1.807, 2.05) is 13.8 Å². The van der Waals surface area contributed by atoms with Gasteiger partial charge < -0.3 is 5.11 Å². The minimum absolute atomic E-state index is 0.322. The molecule has 0 fully saturated rings. The fourth-order valence-electron chi connectivity index (χ4n) is 0.887. The van der Waals surface area contributed by atoms with Gasteiger partial charge in [0, 0.05) is 0 Å². The lowest BCUT2D eigenvalue weighted by Crippen LogP contribution is -2.05. The molecule has 0 aliphatic heterocycles. The zero-order valence-corrected chi connectivity index (χ0v) is 9.15. The highest BCUT2D eigenvalue weighted by Crippen LogP contribution is 2.34. The summed E-state index contributed by atoms with van der Waals surface area (Å²) >= 11 is 5.36. The monoisotopic (exact) mass is 240 g/mol. The molecule has 0 unspecified atom stereocenters. The van der Waals surface area contributed by atoms with Crippen LogP contribution in [0.2, 0.25) is 5.02 Å². The Kier molecular flexibility index (Phi) is 5.68. The quantitative estimate of drug-likeness (QED) is 0.790. The Hall–Kier alpha value is -0.740. The lowest BCUT2D eigenvalue weighted by molar-refractivity contribution is -0.137. The van der Waals surface area contributed by atoms with Gasteiger partial charge in [0.2, 0.25) is 0 Å². The number of aliphatic hydroxyl groups excluding tert-OH is 1. The molecule has 0 saturated heterocycles. The summed E-state index contributed by atoms with van der Waals surface area (Å²) in [7, 11) is 0. The molecule has 1 aromatic rings. The van der Waals surface area contributed by atoms with E-state index in [-0.39, 0.29) is 11.6 Å². The summed E-state index contributed by atoms with van der Waals surface area (Å²) in [5.41, 5.74) is -0.524. The van der Waals surface area contributed by atoms with Crippen LogP contribution in [0.15, 0.2) is 18.2 Å². The molecule has 1 aromatic carbocycles. The van der Waals surface area contributed by atoms with Gasteiger partial charge in [-0.3, -0.25) is 0 Å². The van der Waals surface area contributed by atoms with Crippen molar-refractivity contribution < 1.29 is 18.3 Å². The summed E-state index contributed by atoms with van der Waals surface area (Å²) in [4.78, 5) is 0. The number of alkyl halides is 3. The SMILES string of the molecule is CC.OCc1ccc(C(F)(F)F)c(Cl)c1. The number of benzene rings is 1. The van der Waals surface area contributed by atoms with Gasteiger partial charge in [0.25, 0.3) is 0 Å². The van der Waals surface area contributed by atoms with Crippen LogP contribution >= 0.6 is 11.6 Å². The molecule has 1 rings (SSSR count). The molecule has 0 atom stereocenters. The van der Waals surface area contributed by atoms with Crippen molar-refractivity contribution in [3.63, 3.8) is 0 Å². The second-order valence-electron chi connectivity index (χ2n) is 2.47. The highest BCUT2D eigenvalue weighted by Gasteiger charge is 2.32. The number of hydrogen-bond donors (Lipinski definition) is 1. The normalized spacial score (nSPS) is 10.6. The van der Waals surface area contributed by atoms with Gasteiger partial charge in [-0.05, 0) is 17.7 Å². The van der Waals surface area contributed by atoms with Gasteiger partial charge in [-0.25, -0.2) is 0 Å². The average molecular weight is 241 g/mol. The van der Waals surface area contributed by atoms with Crippen molar-refractivity contribution in [1.82, 2.24) is 0 Å². The molecule has 0 aliphatic carbocycles. The Morgan fingerprint density at radius 2 is 1.80 bits per heavy atom. The minimum atomic E-state index is -4.44. The summed E-state index contributed by atoms with van der Waals surface area (Å²) in [5.74, 6) is 0. The lowest BCUT2D eigenvalue weighted by Gasteiger charge is -2.09. The molecule has 15 heavy (non-hydrogen) atoms. The van der Waals surface area contributed by atoms with E-state index in [1.54, 1.807) is 0 Å². The molecular weight excluding hydrogens is 229 g/mol. The summed E-state index contributed by atoms with van der Waals surface area (Å²) in [6, 6.07) is 3.15. The van der Waals surface area contributed by atoms with E-state index in [1.165, 1.54) is 6.07 Å². The maximum atomic E-state index is 12.1. The van der Waals surface area contributed by atoms with E-state index in [4.69, 9.17) is 16.7 Å². The molecule has 0 amide bonds. The van der Waals surface area contributed by atoms with Crippen LogP contribution in [-0.4, -0.2) is 5.11 Å². The van der Waals surface area contributed by atoms with Crippen LogP contribution < -0.4 is 0 Å². The molecule has 1 N–H and O–H groups in total.